The second-order valence-electron chi connectivity index (χ2n) is 4.15. The van der Waals surface area contributed by atoms with Crippen LogP contribution in [-0.2, 0) is 10.7 Å². The topological polar surface area (TPSA) is 55.0 Å². The van der Waals surface area contributed by atoms with Crippen LogP contribution in [0.1, 0.15) is 41.0 Å². The number of rotatable bonds is 2. The molecule has 6 heteroatoms. The van der Waals surface area contributed by atoms with Gasteiger partial charge in [0.2, 0.25) is 0 Å². The summed E-state index contributed by atoms with van der Waals surface area (Å²) < 4.78 is 32.0. The van der Waals surface area contributed by atoms with Crippen LogP contribution in [0.3, 0.4) is 0 Å². The van der Waals surface area contributed by atoms with Gasteiger partial charge < -0.3 is 4.74 Å². The van der Waals surface area contributed by atoms with Crippen molar-refractivity contribution in [3.05, 3.63) is 17.0 Å². The predicted octanol–water partition coefficient (Wildman–Crippen LogP) is 1.80. The number of nitrogens with one attached hydrogen (secondary N) is 1. The van der Waals surface area contributed by atoms with E-state index in [-0.39, 0.29) is 23.9 Å². The normalized spacial score (nSPS) is 28.4. The third-order valence-corrected chi connectivity index (χ3v) is 3.23. The molecule has 0 radical (unpaired) electrons. The summed E-state index contributed by atoms with van der Waals surface area (Å²) in [7, 11) is 0. The van der Waals surface area contributed by atoms with E-state index in [1.54, 1.807) is 6.92 Å². The number of fused-ring (bicyclic) bond motifs is 3. The van der Waals surface area contributed by atoms with Gasteiger partial charge in [-0.15, -0.1) is 0 Å². The number of esters is 1. The van der Waals surface area contributed by atoms with E-state index in [1.807, 2.05) is 0 Å². The summed E-state index contributed by atoms with van der Waals surface area (Å²) in [6, 6.07) is 0. The van der Waals surface area contributed by atoms with E-state index >= 15 is 0 Å². The third kappa shape index (κ3) is 1.02. The summed E-state index contributed by atoms with van der Waals surface area (Å²) in [5.41, 5.74) is 0.201. The monoisotopic (exact) mass is 228 g/mol. The van der Waals surface area contributed by atoms with Crippen LogP contribution in [0, 0.1) is 5.92 Å². The largest absolute Gasteiger partial charge is 0.461 e. The molecule has 1 saturated carbocycles. The van der Waals surface area contributed by atoms with E-state index in [0.717, 1.165) is 0 Å². The number of aromatic amines is 1. The molecular weight excluding hydrogens is 218 g/mol. The number of nitrogens with zero attached hydrogens (tertiary/aromatic N) is 1. The van der Waals surface area contributed by atoms with Crippen molar-refractivity contribution in [2.24, 2.45) is 5.92 Å². The summed E-state index contributed by atoms with van der Waals surface area (Å²) in [6.07, 6.45) is 0.436. The van der Waals surface area contributed by atoms with Crippen molar-refractivity contribution >= 4 is 5.97 Å². The Hall–Kier alpha value is -1.46. The molecule has 0 spiro atoms. The lowest BCUT2D eigenvalue weighted by Gasteiger charge is -2.09. The highest BCUT2D eigenvalue weighted by atomic mass is 19.3. The molecule has 0 unspecified atom stereocenters. The molecule has 86 valence electrons. The van der Waals surface area contributed by atoms with Crippen molar-refractivity contribution in [2.75, 3.05) is 6.61 Å². The maximum atomic E-state index is 13.6. The van der Waals surface area contributed by atoms with Crippen molar-refractivity contribution in [3.8, 4) is 0 Å². The molecule has 1 fully saturated rings. The zero-order chi connectivity index (χ0) is 11.5. The number of hydrogen-bond donors (Lipinski definition) is 1. The molecule has 4 nitrogen and oxygen atoms in total. The molecule has 0 saturated heterocycles. The van der Waals surface area contributed by atoms with Gasteiger partial charge >= 0.3 is 5.97 Å². The Balaban J connectivity index is 2.03. The number of carbonyl (C=O) groups excluding carboxylic acids is 1. The number of hydrogen-bond acceptors (Lipinski definition) is 3. The molecule has 0 aliphatic heterocycles. The number of aromatic nitrogens is 2. The molecule has 1 heterocycles. The molecule has 0 aromatic carbocycles. The van der Waals surface area contributed by atoms with Crippen LogP contribution in [0.15, 0.2) is 0 Å². The number of H-pyrrole nitrogens is 1. The second kappa shape index (κ2) is 2.81. The van der Waals surface area contributed by atoms with Crippen molar-refractivity contribution in [1.82, 2.24) is 10.2 Å². The Kier molecular flexibility index (Phi) is 1.71. The number of carbonyl (C=O) groups is 1. The molecule has 2 atom stereocenters. The average Bonchev–Trinajstić information content (AvgIpc) is 2.84. The highest BCUT2D eigenvalue weighted by Gasteiger charge is 2.66. The fourth-order valence-corrected chi connectivity index (χ4v) is 2.42. The Morgan fingerprint density at radius 2 is 2.44 bits per heavy atom. The van der Waals surface area contributed by atoms with Crippen molar-refractivity contribution in [3.63, 3.8) is 0 Å². The first-order valence-corrected chi connectivity index (χ1v) is 5.21. The van der Waals surface area contributed by atoms with Gasteiger partial charge in [-0.1, -0.05) is 0 Å². The van der Waals surface area contributed by atoms with Crippen molar-refractivity contribution in [1.29, 1.82) is 0 Å². The van der Waals surface area contributed by atoms with Gasteiger partial charge in [-0.05, 0) is 19.3 Å². The number of alkyl halides is 2. The van der Waals surface area contributed by atoms with Gasteiger partial charge in [0.25, 0.3) is 5.92 Å². The van der Waals surface area contributed by atoms with Gasteiger partial charge in [0.15, 0.2) is 5.69 Å². The Bertz CT molecular complexity index is 469. The summed E-state index contributed by atoms with van der Waals surface area (Å²) in [4.78, 5) is 11.5. The molecule has 0 amide bonds. The van der Waals surface area contributed by atoms with Crippen LogP contribution in [-0.4, -0.2) is 22.8 Å². The first-order valence-electron chi connectivity index (χ1n) is 5.21. The molecule has 1 aromatic rings. The van der Waals surface area contributed by atoms with Crippen LogP contribution in [0.4, 0.5) is 8.78 Å². The first-order chi connectivity index (χ1) is 7.57. The van der Waals surface area contributed by atoms with E-state index in [9.17, 15) is 13.6 Å². The molecule has 2 aliphatic rings. The molecular formula is C10H10F2N2O2. The molecule has 3 rings (SSSR count). The molecule has 16 heavy (non-hydrogen) atoms. The van der Waals surface area contributed by atoms with Crippen LogP contribution in [0.25, 0.3) is 0 Å². The highest BCUT2D eigenvalue weighted by molar-refractivity contribution is 5.90. The minimum Gasteiger partial charge on any atom is -0.461 e. The second-order valence-corrected chi connectivity index (χ2v) is 4.15. The molecule has 2 aliphatic carbocycles. The van der Waals surface area contributed by atoms with E-state index < -0.39 is 17.8 Å². The third-order valence-electron chi connectivity index (χ3n) is 3.23. The minimum absolute atomic E-state index is 0.0292. The summed E-state index contributed by atoms with van der Waals surface area (Å²) in [5, 5.41) is 5.93. The molecule has 0 bridgehead atoms. The Morgan fingerprint density at radius 1 is 1.69 bits per heavy atom. The standard InChI is InChI=1S/C10H10F2N2O2/c1-2-16-9(15)7-6-4-3-5(4)10(11,12)8(6)14-13-7/h4-5H,2-3H2,1H3,(H,13,14)/t4-,5+/m0/s1. The Morgan fingerprint density at radius 3 is 3.12 bits per heavy atom. The maximum Gasteiger partial charge on any atom is 0.359 e. The van der Waals surface area contributed by atoms with Gasteiger partial charge in [-0.3, -0.25) is 5.10 Å². The first kappa shape index (κ1) is 9.74. The highest BCUT2D eigenvalue weighted by Crippen LogP contribution is 2.67. The van der Waals surface area contributed by atoms with E-state index in [1.165, 1.54) is 0 Å². The SMILES string of the molecule is CCOC(=O)c1n[nH]c2c1[C@H]1C[C@H]1C2(F)F. The predicted molar refractivity (Wildman–Crippen MR) is 49.3 cm³/mol. The lowest BCUT2D eigenvalue weighted by atomic mass is 10.1. The van der Waals surface area contributed by atoms with Crippen LogP contribution >= 0.6 is 0 Å². The fourth-order valence-electron chi connectivity index (χ4n) is 2.42. The number of halogens is 2. The van der Waals surface area contributed by atoms with E-state index in [4.69, 9.17) is 4.74 Å². The van der Waals surface area contributed by atoms with Gasteiger partial charge in [0, 0.05) is 11.5 Å². The van der Waals surface area contributed by atoms with E-state index in [0.29, 0.717) is 12.0 Å². The van der Waals surface area contributed by atoms with Crippen molar-refractivity contribution in [2.45, 2.75) is 25.2 Å². The molecule has 1 N–H and O–H groups in total. The molecule has 1 aromatic heterocycles. The summed E-state index contributed by atoms with van der Waals surface area (Å²) in [6.45, 7) is 1.88. The van der Waals surface area contributed by atoms with Crippen molar-refractivity contribution < 1.29 is 18.3 Å². The van der Waals surface area contributed by atoms with Gasteiger partial charge in [-0.25, -0.2) is 4.79 Å². The lowest BCUT2D eigenvalue weighted by molar-refractivity contribution is -0.0268. The zero-order valence-corrected chi connectivity index (χ0v) is 8.59. The van der Waals surface area contributed by atoms with E-state index in [2.05, 4.69) is 10.2 Å². The summed E-state index contributed by atoms with van der Waals surface area (Å²) in [5.74, 6) is -4.35. The van der Waals surface area contributed by atoms with Gasteiger partial charge in [0.1, 0.15) is 5.69 Å². The van der Waals surface area contributed by atoms with Gasteiger partial charge in [-0.2, -0.15) is 13.9 Å². The lowest BCUT2D eigenvalue weighted by Crippen LogP contribution is -2.14. The van der Waals surface area contributed by atoms with Crippen LogP contribution in [0.5, 0.6) is 0 Å². The average molecular weight is 228 g/mol. The maximum absolute atomic E-state index is 13.6. The Labute approximate surface area is 90.0 Å². The van der Waals surface area contributed by atoms with Crippen LogP contribution < -0.4 is 0 Å². The summed E-state index contributed by atoms with van der Waals surface area (Å²) >= 11 is 0. The minimum atomic E-state index is -2.86. The van der Waals surface area contributed by atoms with Gasteiger partial charge in [0.05, 0.1) is 6.61 Å². The zero-order valence-electron chi connectivity index (χ0n) is 8.59. The number of ether oxygens (including phenoxy) is 1. The smallest absolute Gasteiger partial charge is 0.359 e. The fraction of sp³-hybridized carbons (Fsp3) is 0.600. The quantitative estimate of drug-likeness (QED) is 0.785. The van der Waals surface area contributed by atoms with Crippen LogP contribution in [0.2, 0.25) is 0 Å².